The molecule has 1 amide bonds. The van der Waals surface area contributed by atoms with Crippen LogP contribution in [0.4, 0.5) is 8.78 Å². The molecule has 0 aromatic heterocycles. The topological polar surface area (TPSA) is 41.6 Å². The maximum atomic E-state index is 13.3. The molecule has 0 bridgehead atoms. The van der Waals surface area contributed by atoms with E-state index < -0.39 is 11.6 Å². The summed E-state index contributed by atoms with van der Waals surface area (Å²) in [5.41, 5.74) is 1.14. The van der Waals surface area contributed by atoms with E-state index in [1.807, 2.05) is 25.1 Å². The normalized spacial score (nSPS) is 17.1. The monoisotopic (exact) mass is 406 g/mol. The minimum absolute atomic E-state index is 0.0438. The molecule has 150 valence electrons. The number of thioether (sulfide) groups is 1. The van der Waals surface area contributed by atoms with Gasteiger partial charge in [0.25, 0.3) is 0 Å². The molecule has 7 heteroatoms. The zero-order valence-electron chi connectivity index (χ0n) is 15.7. The second-order valence-corrected chi connectivity index (χ2v) is 7.77. The maximum Gasteiger partial charge on any atom is 0.230 e. The Bertz CT molecular complexity index is 785. The molecule has 0 saturated carbocycles. The molecule has 4 nitrogen and oxygen atoms in total. The van der Waals surface area contributed by atoms with Crippen LogP contribution in [0.3, 0.4) is 0 Å². The van der Waals surface area contributed by atoms with Crippen molar-refractivity contribution in [3.05, 3.63) is 65.7 Å². The SMILES string of the molecule is C[C@@H](NC(=O)CSc1ccc(F)c(F)c1)[C@H](c1ccccc1)N1CCOCC1. The summed E-state index contributed by atoms with van der Waals surface area (Å²) in [6.45, 7) is 4.96. The van der Waals surface area contributed by atoms with Crippen molar-refractivity contribution < 1.29 is 18.3 Å². The Labute approximate surface area is 168 Å². The van der Waals surface area contributed by atoms with Crippen LogP contribution in [0, 0.1) is 11.6 Å². The Hall–Kier alpha value is -1.96. The maximum absolute atomic E-state index is 13.3. The molecule has 0 radical (unpaired) electrons. The quantitative estimate of drug-likeness (QED) is 0.713. The van der Waals surface area contributed by atoms with Gasteiger partial charge in [-0.3, -0.25) is 9.69 Å². The summed E-state index contributed by atoms with van der Waals surface area (Å²) < 4.78 is 31.8. The lowest BCUT2D eigenvalue weighted by Crippen LogP contribution is -2.48. The van der Waals surface area contributed by atoms with E-state index in [2.05, 4.69) is 22.3 Å². The van der Waals surface area contributed by atoms with Crippen LogP contribution in [-0.2, 0) is 9.53 Å². The fraction of sp³-hybridized carbons (Fsp3) is 0.381. The number of ether oxygens (including phenoxy) is 1. The first kappa shape index (κ1) is 20.8. The van der Waals surface area contributed by atoms with E-state index in [0.29, 0.717) is 18.1 Å². The van der Waals surface area contributed by atoms with Crippen LogP contribution in [0.5, 0.6) is 0 Å². The van der Waals surface area contributed by atoms with E-state index >= 15 is 0 Å². The highest BCUT2D eigenvalue weighted by Crippen LogP contribution is 2.26. The highest BCUT2D eigenvalue weighted by molar-refractivity contribution is 8.00. The third-order valence-corrected chi connectivity index (χ3v) is 5.70. The molecular formula is C21H24F2N2O2S. The second-order valence-electron chi connectivity index (χ2n) is 6.72. The molecule has 1 N–H and O–H groups in total. The number of nitrogens with zero attached hydrogens (tertiary/aromatic N) is 1. The van der Waals surface area contributed by atoms with Crippen LogP contribution in [0.15, 0.2) is 53.4 Å². The van der Waals surface area contributed by atoms with Crippen molar-refractivity contribution in [3.63, 3.8) is 0 Å². The molecule has 2 atom stereocenters. The lowest BCUT2D eigenvalue weighted by Gasteiger charge is -2.38. The lowest BCUT2D eigenvalue weighted by molar-refractivity contribution is -0.119. The van der Waals surface area contributed by atoms with Gasteiger partial charge >= 0.3 is 0 Å². The number of morpholine rings is 1. The van der Waals surface area contributed by atoms with Gasteiger partial charge in [0.1, 0.15) is 0 Å². The second kappa shape index (κ2) is 10.0. The largest absolute Gasteiger partial charge is 0.379 e. The molecule has 1 aliphatic rings. The van der Waals surface area contributed by atoms with Gasteiger partial charge in [-0.15, -0.1) is 11.8 Å². The van der Waals surface area contributed by atoms with Gasteiger partial charge in [0, 0.05) is 24.0 Å². The van der Waals surface area contributed by atoms with E-state index in [9.17, 15) is 13.6 Å². The van der Waals surface area contributed by atoms with Crippen molar-refractivity contribution in [2.75, 3.05) is 32.1 Å². The van der Waals surface area contributed by atoms with Gasteiger partial charge in [-0.2, -0.15) is 0 Å². The third kappa shape index (κ3) is 5.53. The molecule has 0 spiro atoms. The molecule has 1 heterocycles. The molecule has 1 fully saturated rings. The van der Waals surface area contributed by atoms with Gasteiger partial charge in [-0.05, 0) is 30.7 Å². The van der Waals surface area contributed by atoms with E-state index in [1.165, 1.54) is 17.8 Å². The minimum atomic E-state index is -0.907. The lowest BCUT2D eigenvalue weighted by atomic mass is 9.98. The van der Waals surface area contributed by atoms with Crippen molar-refractivity contribution in [3.8, 4) is 0 Å². The first-order chi connectivity index (χ1) is 13.5. The number of carbonyl (C=O) groups is 1. The fourth-order valence-corrected chi connectivity index (χ4v) is 4.14. The van der Waals surface area contributed by atoms with Gasteiger partial charge in [0.05, 0.1) is 25.0 Å². The molecule has 0 aliphatic carbocycles. The average Bonchev–Trinajstić information content (AvgIpc) is 2.71. The van der Waals surface area contributed by atoms with Crippen LogP contribution in [0.25, 0.3) is 0 Å². The van der Waals surface area contributed by atoms with Gasteiger partial charge < -0.3 is 10.1 Å². The summed E-state index contributed by atoms with van der Waals surface area (Å²) in [4.78, 5) is 15.3. The summed E-state index contributed by atoms with van der Waals surface area (Å²) in [5.74, 6) is -1.80. The molecule has 2 aromatic carbocycles. The first-order valence-corrected chi connectivity index (χ1v) is 10.3. The van der Waals surface area contributed by atoms with E-state index in [0.717, 1.165) is 30.8 Å². The minimum Gasteiger partial charge on any atom is -0.379 e. The van der Waals surface area contributed by atoms with Crippen molar-refractivity contribution in [2.45, 2.75) is 23.9 Å². The Morgan fingerprint density at radius 1 is 1.14 bits per heavy atom. The summed E-state index contributed by atoms with van der Waals surface area (Å²) in [5, 5.41) is 3.06. The van der Waals surface area contributed by atoms with Crippen LogP contribution in [0.2, 0.25) is 0 Å². The highest BCUT2D eigenvalue weighted by Gasteiger charge is 2.28. The standard InChI is InChI=1S/C21H24F2N2O2S/c1-15(24-20(26)14-28-17-7-8-18(22)19(23)13-17)21(16-5-3-2-4-6-16)25-9-11-27-12-10-25/h2-8,13,15,21H,9-12,14H2,1H3,(H,24,26)/t15-,21-/m1/s1. The summed E-state index contributed by atoms with van der Waals surface area (Å²) in [6.07, 6.45) is 0. The summed E-state index contributed by atoms with van der Waals surface area (Å²) in [6, 6.07) is 13.7. The Morgan fingerprint density at radius 3 is 2.54 bits per heavy atom. The number of hydrogen-bond donors (Lipinski definition) is 1. The molecule has 28 heavy (non-hydrogen) atoms. The summed E-state index contributed by atoms with van der Waals surface area (Å²) >= 11 is 1.18. The summed E-state index contributed by atoms with van der Waals surface area (Å²) in [7, 11) is 0. The predicted octanol–water partition coefficient (Wildman–Crippen LogP) is 3.64. The van der Waals surface area contributed by atoms with E-state index in [4.69, 9.17) is 4.74 Å². The van der Waals surface area contributed by atoms with Gasteiger partial charge in [0.2, 0.25) is 5.91 Å². The number of hydrogen-bond acceptors (Lipinski definition) is 4. The van der Waals surface area contributed by atoms with Crippen LogP contribution < -0.4 is 5.32 Å². The highest BCUT2D eigenvalue weighted by atomic mass is 32.2. The van der Waals surface area contributed by atoms with E-state index in [1.54, 1.807) is 0 Å². The molecule has 2 aromatic rings. The first-order valence-electron chi connectivity index (χ1n) is 9.28. The van der Waals surface area contributed by atoms with Gasteiger partial charge in [-0.25, -0.2) is 8.78 Å². The zero-order valence-corrected chi connectivity index (χ0v) is 16.6. The van der Waals surface area contributed by atoms with Crippen molar-refractivity contribution in [1.82, 2.24) is 10.2 Å². The van der Waals surface area contributed by atoms with Crippen molar-refractivity contribution >= 4 is 17.7 Å². The van der Waals surface area contributed by atoms with Crippen molar-refractivity contribution in [2.24, 2.45) is 0 Å². The molecule has 1 aliphatic heterocycles. The predicted molar refractivity (Wildman–Crippen MR) is 106 cm³/mol. The van der Waals surface area contributed by atoms with Crippen molar-refractivity contribution in [1.29, 1.82) is 0 Å². The molecule has 0 unspecified atom stereocenters. The number of nitrogens with one attached hydrogen (secondary N) is 1. The van der Waals surface area contributed by atoms with Gasteiger partial charge in [-0.1, -0.05) is 30.3 Å². The molecule has 1 saturated heterocycles. The number of carbonyl (C=O) groups excluding carboxylic acids is 1. The fourth-order valence-electron chi connectivity index (χ4n) is 3.41. The van der Waals surface area contributed by atoms with Crippen LogP contribution in [0.1, 0.15) is 18.5 Å². The van der Waals surface area contributed by atoms with Crippen LogP contribution in [-0.4, -0.2) is 48.9 Å². The van der Waals surface area contributed by atoms with Gasteiger partial charge in [0.15, 0.2) is 11.6 Å². The Kier molecular flexibility index (Phi) is 7.42. The average molecular weight is 406 g/mol. The number of halogens is 2. The molecular weight excluding hydrogens is 382 g/mol. The number of benzene rings is 2. The molecule has 3 rings (SSSR count). The third-order valence-electron chi connectivity index (χ3n) is 4.70. The smallest absolute Gasteiger partial charge is 0.230 e. The zero-order chi connectivity index (χ0) is 19.9. The number of amides is 1. The van der Waals surface area contributed by atoms with Crippen LogP contribution >= 0.6 is 11.8 Å². The number of rotatable bonds is 7. The van der Waals surface area contributed by atoms with E-state index in [-0.39, 0.29) is 23.7 Å². The Morgan fingerprint density at radius 2 is 1.86 bits per heavy atom. The Balaban J connectivity index is 1.62.